The summed E-state index contributed by atoms with van der Waals surface area (Å²) in [5.74, 6) is 14.5. The van der Waals surface area contributed by atoms with Crippen molar-refractivity contribution in [3.05, 3.63) is 312 Å². The molecule has 6 heterocycles. The molecule has 6 aromatic heterocycles. The molecule has 0 fully saturated rings. The maximum absolute atomic E-state index is 12.5. The molecule has 0 unspecified atom stereocenters. The number of nitrogens with one attached hydrogen (secondary N) is 8. The van der Waals surface area contributed by atoms with E-state index in [1.165, 1.54) is 10.2 Å². The number of hydrogen-bond donors (Lipinski definition) is 8. The van der Waals surface area contributed by atoms with Gasteiger partial charge in [0.1, 0.15) is 25.4 Å². The smallest absolute Gasteiger partial charge is 0.246 e. The van der Waals surface area contributed by atoms with Gasteiger partial charge in [0.05, 0.1) is 64.6 Å². The molecule has 7 aromatic carbocycles. The van der Waals surface area contributed by atoms with E-state index in [1.807, 2.05) is 216 Å². The van der Waals surface area contributed by atoms with Gasteiger partial charge in [-0.2, -0.15) is 0 Å². The third kappa shape index (κ3) is 46.9. The quantitative estimate of drug-likeness (QED) is 0.0130. The SMILES string of the molecule is C=C(c1cccc(-c2cccc(NC(=O)Cn3cc(CNC(C)C)nn3)c2)c1)C(C)C.C=C(c1cccc(C#Cc2cccc(NC(=O)Cn3cc(CNC(C)C)nn3)c2)c1)C(C)C.C=C(c1cccc(C#Cc2ccccc2)c1)C(C)C.CC(C)NCc1cn(-c2cccc(C(=O)C(C)C)c2)nn1.CC(C)NCc1cn(CC(=O)C(C)C)nn1.CC(C)NCc1cn(CCCC(=O)C(C)C)nn1.CCn1cc(CNC(C)C)nn1. The van der Waals surface area contributed by atoms with Crippen LogP contribution in [0.3, 0.4) is 0 Å². The summed E-state index contributed by atoms with van der Waals surface area (Å²) in [6.45, 7) is 70.2. The van der Waals surface area contributed by atoms with Gasteiger partial charge in [0, 0.05) is 164 Å². The zero-order chi connectivity index (χ0) is 110. The van der Waals surface area contributed by atoms with Crippen molar-refractivity contribution in [2.45, 2.75) is 294 Å². The molecule has 798 valence electrons. The van der Waals surface area contributed by atoms with E-state index in [1.54, 1.807) is 26.4 Å². The monoisotopic (exact) mass is 2040 g/mol. The summed E-state index contributed by atoms with van der Waals surface area (Å²) >= 11 is 0. The molecule has 13 aromatic rings. The van der Waals surface area contributed by atoms with Gasteiger partial charge in [0.15, 0.2) is 11.6 Å². The Kier molecular flexibility index (Phi) is 52.7. The predicted octanol–water partition coefficient (Wildman–Crippen LogP) is 20.2. The highest BCUT2D eigenvalue weighted by molar-refractivity contribution is 5.98. The number of nitrogens with zero attached hydrogens (tertiary/aromatic N) is 18. The standard InChI is InChI=1S/C27H31N5O.C25H31N5O.C19H18.C16H22N4O.C13H24N4O.C11H20N4O.C8H16N4/c1-19(2)21(5)24-10-6-8-22(14-24)12-13-23-9-7-11-25(15-23)29-27(33)18-32-17-26(30-31-32)16-28-20(3)4;1-17(2)19(5)20-8-6-9-21(12-20)22-10-7-11-23(13-22)27-25(31)16-30-15-24(28-29-30)14-26-18(3)4;1-15(2)16(3)19-11-7-10-18(14-19)13-12-17-8-5-4-6-9-17;1-11(2)16(21)13-6-5-7-15(8-13)20-10-14(18-19-20)9-17-12(3)4;1-10(2)13(18)6-5-7-17-9-12(15-16-17)8-14-11(3)4;1-8(2)11(16)7-15-6-10(13-14-15)5-12-9(3)4;1-4-12-6-8(10-11-12)5-9-7(2)3/h6-11,14-15,17,19-20,28H,5,16,18H2,1-4H3,(H,29,33);6-13,15,17-18,26H,5,14,16H2,1-4H3,(H,27,31);4-11,14-15H,3H2,1-2H3;5-8,10-12,17H,9H2,1-4H3;9-11,14H,5-8H2,1-4H3;6,8-9,12H,5,7H2,1-4H3;6-7,9H,4-5H2,1-3H3. The molecule has 0 aliphatic rings. The van der Waals surface area contributed by atoms with Crippen LogP contribution in [0.25, 0.3) is 33.5 Å². The van der Waals surface area contributed by atoms with Gasteiger partial charge < -0.3 is 42.5 Å². The number of carbonyl (C=O) groups excluding carboxylic acids is 5. The van der Waals surface area contributed by atoms with Crippen molar-refractivity contribution in [2.24, 2.45) is 35.5 Å². The lowest BCUT2D eigenvalue weighted by molar-refractivity contribution is -0.123. The number of anilines is 2. The van der Waals surface area contributed by atoms with Gasteiger partial charge >= 0.3 is 0 Å². The fourth-order valence-corrected chi connectivity index (χ4v) is 13.6. The molecule has 31 heteroatoms. The number of hydrogen-bond acceptors (Lipinski definition) is 23. The zero-order valence-electron chi connectivity index (χ0n) is 93.0. The van der Waals surface area contributed by atoms with Crippen molar-refractivity contribution in [1.29, 1.82) is 0 Å². The van der Waals surface area contributed by atoms with Crippen molar-refractivity contribution in [2.75, 3.05) is 10.6 Å². The minimum absolute atomic E-state index is 0.0122. The predicted molar refractivity (Wildman–Crippen MR) is 606 cm³/mol. The van der Waals surface area contributed by atoms with Crippen LogP contribution in [0.4, 0.5) is 11.4 Å². The average Bonchev–Trinajstić information content (AvgIpc) is 1.81. The topological polar surface area (TPSA) is 366 Å². The maximum atomic E-state index is 12.5. The number of Topliss-reactive ketones (excluding diaryl/α,β-unsaturated/α-hetero) is 3. The Morgan fingerprint density at radius 2 is 0.627 bits per heavy atom. The Labute approximate surface area is 890 Å². The molecule has 0 radical (unpaired) electrons. The van der Waals surface area contributed by atoms with Crippen molar-refractivity contribution in [3.8, 4) is 40.5 Å². The first-order valence-electron chi connectivity index (χ1n) is 52.2. The van der Waals surface area contributed by atoms with Gasteiger partial charge in [-0.3, -0.25) is 33.3 Å². The van der Waals surface area contributed by atoms with E-state index >= 15 is 0 Å². The van der Waals surface area contributed by atoms with Crippen LogP contribution < -0.4 is 42.5 Å². The van der Waals surface area contributed by atoms with Crippen LogP contribution in [0.2, 0.25) is 0 Å². The number of aryl methyl sites for hydroxylation is 2. The van der Waals surface area contributed by atoms with E-state index in [0.29, 0.717) is 110 Å². The van der Waals surface area contributed by atoms with Gasteiger partial charge in [0.25, 0.3) is 0 Å². The van der Waals surface area contributed by atoms with E-state index in [4.69, 9.17) is 0 Å². The van der Waals surface area contributed by atoms with Crippen LogP contribution in [0.5, 0.6) is 0 Å². The molecule has 150 heavy (non-hydrogen) atoms. The Bertz CT molecular complexity index is 6490. The fraction of sp³-hybridized carbons (Fsp3) is 0.420. The minimum Gasteiger partial charge on any atom is -0.324 e. The number of ketones is 3. The second-order valence-corrected chi connectivity index (χ2v) is 40.5. The lowest BCUT2D eigenvalue weighted by Crippen LogP contribution is -2.22. The second-order valence-electron chi connectivity index (χ2n) is 40.5. The molecule has 0 aliphatic heterocycles. The number of aromatic nitrogens is 18. The van der Waals surface area contributed by atoms with Crippen LogP contribution >= 0.6 is 0 Å². The molecule has 31 nitrogen and oxygen atoms in total. The van der Waals surface area contributed by atoms with Gasteiger partial charge in [-0.25, -0.2) is 18.7 Å². The Hall–Kier alpha value is -14.6. The molecule has 8 N–H and O–H groups in total. The van der Waals surface area contributed by atoms with E-state index in [-0.39, 0.29) is 54.2 Å². The number of rotatable bonds is 43. The molecule has 13 rings (SSSR count). The van der Waals surface area contributed by atoms with Crippen molar-refractivity contribution in [1.82, 2.24) is 122 Å². The summed E-state index contributed by atoms with van der Waals surface area (Å²) in [5.41, 5.74) is 21.0. The van der Waals surface area contributed by atoms with Crippen molar-refractivity contribution < 1.29 is 24.0 Å². The molecular formula is C119H162N26O5. The highest BCUT2D eigenvalue weighted by Crippen LogP contribution is 2.30. The van der Waals surface area contributed by atoms with Gasteiger partial charge in [-0.15, -0.1) is 30.6 Å². The largest absolute Gasteiger partial charge is 0.324 e. The van der Waals surface area contributed by atoms with Crippen LogP contribution in [-0.2, 0) is 91.2 Å². The summed E-state index contributed by atoms with van der Waals surface area (Å²) in [6, 6.07) is 60.1. The summed E-state index contributed by atoms with van der Waals surface area (Å²) in [5, 5.41) is 74.1. The van der Waals surface area contributed by atoms with E-state index < -0.39 is 0 Å². The Morgan fingerprint density at radius 1 is 0.300 bits per heavy atom. The molecule has 0 saturated carbocycles. The van der Waals surface area contributed by atoms with Gasteiger partial charge in [-0.1, -0.05) is 332 Å². The average molecular weight is 2040 g/mol. The molecule has 0 saturated heterocycles. The number of amides is 2. The summed E-state index contributed by atoms with van der Waals surface area (Å²) in [7, 11) is 0. The van der Waals surface area contributed by atoms with Crippen LogP contribution in [0.15, 0.2) is 233 Å². The molecule has 2 amide bonds. The molecule has 0 atom stereocenters. The number of carbonyl (C=O) groups is 5. The van der Waals surface area contributed by atoms with Gasteiger partial charge in [-0.05, 0) is 161 Å². The zero-order valence-corrected chi connectivity index (χ0v) is 93.0. The van der Waals surface area contributed by atoms with Gasteiger partial charge in [0.2, 0.25) is 11.8 Å². The summed E-state index contributed by atoms with van der Waals surface area (Å²) in [4.78, 5) is 59.9. The maximum Gasteiger partial charge on any atom is 0.246 e. The second kappa shape index (κ2) is 64.6. The van der Waals surface area contributed by atoms with Crippen molar-refractivity contribution in [3.63, 3.8) is 0 Å². The highest BCUT2D eigenvalue weighted by atomic mass is 16.2. The third-order valence-corrected chi connectivity index (χ3v) is 22.8. The molecule has 0 bridgehead atoms. The fourth-order valence-electron chi connectivity index (χ4n) is 13.6. The van der Waals surface area contributed by atoms with Crippen LogP contribution in [-0.4, -0.2) is 155 Å². The van der Waals surface area contributed by atoms with Crippen LogP contribution in [0.1, 0.15) is 269 Å². The Balaban J connectivity index is 0.000000242. The highest BCUT2D eigenvalue weighted by Gasteiger charge is 2.18. The number of allylic oxidation sites excluding steroid dienone is 3. The minimum atomic E-state index is -0.173. The van der Waals surface area contributed by atoms with Crippen LogP contribution in [0, 0.1) is 59.2 Å². The lowest BCUT2D eigenvalue weighted by Gasteiger charge is -2.12. The normalized spacial score (nSPS) is 11.0. The van der Waals surface area contributed by atoms with E-state index in [9.17, 15) is 24.0 Å². The molecule has 0 spiro atoms. The Morgan fingerprint density at radius 3 is 1.03 bits per heavy atom. The summed E-state index contributed by atoms with van der Waals surface area (Å²) in [6.07, 6.45) is 12.6. The molecular weight excluding hydrogens is 1870 g/mol. The van der Waals surface area contributed by atoms with E-state index in [0.717, 1.165) is 139 Å². The summed E-state index contributed by atoms with van der Waals surface area (Å²) < 4.78 is 10.0. The van der Waals surface area contributed by atoms with E-state index in [2.05, 4.69) is 315 Å². The first-order valence-corrected chi connectivity index (χ1v) is 52.2. The third-order valence-electron chi connectivity index (χ3n) is 22.8. The number of benzene rings is 7. The lowest BCUT2D eigenvalue weighted by atomic mass is 9.94. The van der Waals surface area contributed by atoms with Crippen molar-refractivity contribution >= 4 is 57.3 Å². The first-order chi connectivity index (χ1) is 71.4. The first kappa shape index (κ1) is 122. The molecule has 0 aliphatic carbocycles.